The topological polar surface area (TPSA) is 37.3 Å². The fourth-order valence-electron chi connectivity index (χ4n) is 1.21. The Morgan fingerprint density at radius 2 is 1.67 bits per heavy atom. The average molecular weight is 172 g/mol. The lowest BCUT2D eigenvalue weighted by Crippen LogP contribution is -2.42. The third-order valence-corrected chi connectivity index (χ3v) is 2.42. The van der Waals surface area contributed by atoms with Gasteiger partial charge in [0.2, 0.25) is 0 Å². The van der Waals surface area contributed by atoms with Gasteiger partial charge < -0.3 is 5.11 Å². The van der Waals surface area contributed by atoms with Crippen molar-refractivity contribution in [1.82, 2.24) is 0 Å². The highest BCUT2D eigenvalue weighted by atomic mass is 16.4. The summed E-state index contributed by atoms with van der Waals surface area (Å²) in [4.78, 5) is 10.3. The van der Waals surface area contributed by atoms with Gasteiger partial charge in [0, 0.05) is 0 Å². The van der Waals surface area contributed by atoms with Crippen molar-refractivity contribution in [1.29, 1.82) is 0 Å². The maximum absolute atomic E-state index is 10.3. The zero-order valence-electron chi connectivity index (χ0n) is 8.08. The van der Waals surface area contributed by atoms with Gasteiger partial charge in [0.25, 0.3) is 0 Å². The molecule has 0 heterocycles. The van der Waals surface area contributed by atoms with Crippen LogP contribution < -0.4 is 0 Å². The molecule has 0 spiro atoms. The summed E-state index contributed by atoms with van der Waals surface area (Å²) < 4.78 is 0.742. The zero-order valence-corrected chi connectivity index (χ0v) is 8.08. The van der Waals surface area contributed by atoms with E-state index >= 15 is 0 Å². The maximum atomic E-state index is 10.3. The molecule has 0 bridgehead atoms. The van der Waals surface area contributed by atoms with Gasteiger partial charge in [-0.05, 0) is 20.8 Å². The van der Waals surface area contributed by atoms with Crippen molar-refractivity contribution in [3.8, 4) is 0 Å². The Kier molecular flexibility index (Phi) is 4.59. The van der Waals surface area contributed by atoms with Crippen LogP contribution in [-0.4, -0.2) is 35.2 Å². The summed E-state index contributed by atoms with van der Waals surface area (Å²) in [5.41, 5.74) is 0. The van der Waals surface area contributed by atoms with Crippen molar-refractivity contribution >= 4 is 5.97 Å². The molecule has 0 saturated carbocycles. The first-order valence-corrected chi connectivity index (χ1v) is 4.38. The van der Waals surface area contributed by atoms with Gasteiger partial charge in [-0.3, -0.25) is 4.48 Å². The SMILES string of the molecule is CC[N+](/C=C/C(=O)O)(CC)CC. The molecule has 0 fully saturated rings. The van der Waals surface area contributed by atoms with Gasteiger partial charge >= 0.3 is 5.97 Å². The Bertz CT molecular complexity index is 163. The molecule has 1 N–H and O–H groups in total. The lowest BCUT2D eigenvalue weighted by molar-refractivity contribution is -0.874. The lowest BCUT2D eigenvalue weighted by atomic mass is 10.3. The van der Waals surface area contributed by atoms with Crippen LogP contribution in [0.2, 0.25) is 0 Å². The van der Waals surface area contributed by atoms with Crippen molar-refractivity contribution in [3.63, 3.8) is 0 Å². The van der Waals surface area contributed by atoms with E-state index < -0.39 is 5.97 Å². The third kappa shape index (κ3) is 3.05. The van der Waals surface area contributed by atoms with E-state index in [1.54, 1.807) is 6.20 Å². The van der Waals surface area contributed by atoms with Crippen LogP contribution >= 0.6 is 0 Å². The van der Waals surface area contributed by atoms with Gasteiger partial charge in [-0.2, -0.15) is 0 Å². The summed E-state index contributed by atoms with van der Waals surface area (Å²) >= 11 is 0. The molecular weight excluding hydrogens is 154 g/mol. The van der Waals surface area contributed by atoms with Gasteiger partial charge in [-0.1, -0.05) is 0 Å². The van der Waals surface area contributed by atoms with Crippen LogP contribution in [0.4, 0.5) is 0 Å². The fourth-order valence-corrected chi connectivity index (χ4v) is 1.21. The summed E-state index contributed by atoms with van der Waals surface area (Å²) in [6.45, 7) is 9.03. The molecule has 12 heavy (non-hydrogen) atoms. The molecule has 0 radical (unpaired) electrons. The third-order valence-electron chi connectivity index (χ3n) is 2.42. The second-order valence-electron chi connectivity index (χ2n) is 2.82. The molecule has 3 nitrogen and oxygen atoms in total. The summed E-state index contributed by atoms with van der Waals surface area (Å²) in [5.74, 6) is -0.868. The standard InChI is InChI=1S/C9H17NO2/c1-4-10(5-2,6-3)8-7-9(11)12/h7-8H,4-6H2,1-3H3/p+1/b8-7+. The zero-order chi connectivity index (χ0) is 9.61. The minimum atomic E-state index is -0.868. The van der Waals surface area contributed by atoms with Crippen molar-refractivity contribution in [3.05, 3.63) is 12.3 Å². The van der Waals surface area contributed by atoms with Crippen LogP contribution in [0.3, 0.4) is 0 Å². The number of hydrogen-bond donors (Lipinski definition) is 1. The van der Waals surface area contributed by atoms with Crippen molar-refractivity contribution in [2.45, 2.75) is 20.8 Å². The van der Waals surface area contributed by atoms with Crippen molar-refractivity contribution < 1.29 is 14.4 Å². The average Bonchev–Trinajstić information content (AvgIpc) is 2.08. The van der Waals surface area contributed by atoms with E-state index in [9.17, 15) is 4.79 Å². The molecule has 0 unspecified atom stereocenters. The number of nitrogens with zero attached hydrogens (tertiary/aromatic N) is 1. The summed E-state index contributed by atoms with van der Waals surface area (Å²) in [6.07, 6.45) is 3.00. The molecule has 0 aromatic rings. The van der Waals surface area contributed by atoms with E-state index in [0.717, 1.165) is 24.1 Å². The monoisotopic (exact) mass is 172 g/mol. The van der Waals surface area contributed by atoms with Crippen molar-refractivity contribution in [2.75, 3.05) is 19.6 Å². The van der Waals surface area contributed by atoms with Gasteiger partial charge in [-0.15, -0.1) is 0 Å². The minimum Gasteiger partial charge on any atom is -0.478 e. The fraction of sp³-hybridized carbons (Fsp3) is 0.667. The smallest absolute Gasteiger partial charge is 0.333 e. The number of carboxylic acids is 1. The lowest BCUT2D eigenvalue weighted by Gasteiger charge is -2.30. The number of aliphatic carboxylic acids is 1. The first-order chi connectivity index (χ1) is 5.60. The van der Waals surface area contributed by atoms with Gasteiger partial charge in [0.1, 0.15) is 6.20 Å². The normalized spacial score (nSPS) is 12.2. The van der Waals surface area contributed by atoms with Crippen molar-refractivity contribution in [2.24, 2.45) is 0 Å². The van der Waals surface area contributed by atoms with E-state index in [2.05, 4.69) is 20.8 Å². The molecule has 3 heteroatoms. The number of quaternary nitrogens is 1. The Labute approximate surface area is 73.9 Å². The van der Waals surface area contributed by atoms with Crippen LogP contribution in [-0.2, 0) is 4.79 Å². The molecule has 70 valence electrons. The van der Waals surface area contributed by atoms with E-state index in [4.69, 9.17) is 5.11 Å². The highest BCUT2D eigenvalue weighted by Crippen LogP contribution is 2.06. The Morgan fingerprint density at radius 1 is 1.25 bits per heavy atom. The van der Waals surface area contributed by atoms with Gasteiger partial charge in [0.05, 0.1) is 25.7 Å². The molecule has 0 aromatic heterocycles. The summed E-state index contributed by atoms with van der Waals surface area (Å²) in [6, 6.07) is 0. The van der Waals surface area contributed by atoms with E-state index in [1.165, 1.54) is 6.08 Å². The van der Waals surface area contributed by atoms with Crippen LogP contribution in [0.5, 0.6) is 0 Å². The molecule has 0 aliphatic carbocycles. The predicted molar refractivity (Wildman–Crippen MR) is 48.7 cm³/mol. The van der Waals surface area contributed by atoms with Crippen LogP contribution in [0, 0.1) is 0 Å². The van der Waals surface area contributed by atoms with Crippen LogP contribution in [0.25, 0.3) is 0 Å². The molecule has 0 aliphatic heterocycles. The van der Waals surface area contributed by atoms with Crippen LogP contribution in [0.15, 0.2) is 12.3 Å². The molecule has 0 rings (SSSR count). The van der Waals surface area contributed by atoms with E-state index in [0.29, 0.717) is 0 Å². The Morgan fingerprint density at radius 3 is 1.92 bits per heavy atom. The van der Waals surface area contributed by atoms with Gasteiger partial charge in [0.15, 0.2) is 0 Å². The molecule has 0 atom stereocenters. The number of carboxylic acid groups (broad SMARTS) is 1. The quantitative estimate of drug-likeness (QED) is 0.503. The summed E-state index contributed by atoms with van der Waals surface area (Å²) in [7, 11) is 0. The molecular formula is C9H18NO2+. The highest BCUT2D eigenvalue weighted by molar-refractivity contribution is 5.79. The minimum absolute atomic E-state index is 0.742. The Hall–Kier alpha value is -0.830. The Balaban J connectivity index is 4.39. The highest BCUT2D eigenvalue weighted by Gasteiger charge is 2.16. The second-order valence-corrected chi connectivity index (χ2v) is 2.82. The van der Waals surface area contributed by atoms with Crippen LogP contribution in [0.1, 0.15) is 20.8 Å². The molecule has 0 aromatic carbocycles. The molecule has 0 aliphatic rings. The summed E-state index contributed by atoms with van der Waals surface area (Å²) in [5, 5.41) is 8.47. The molecule has 0 saturated heterocycles. The largest absolute Gasteiger partial charge is 0.478 e. The van der Waals surface area contributed by atoms with E-state index in [-0.39, 0.29) is 0 Å². The first-order valence-electron chi connectivity index (χ1n) is 4.38. The second kappa shape index (κ2) is 4.93. The van der Waals surface area contributed by atoms with Gasteiger partial charge in [-0.25, -0.2) is 4.79 Å². The number of carbonyl (C=O) groups is 1. The maximum Gasteiger partial charge on any atom is 0.333 e. The predicted octanol–water partition coefficient (Wildman–Crippen LogP) is 1.46. The molecule has 0 amide bonds. The first kappa shape index (κ1) is 11.2. The number of rotatable bonds is 5. The number of hydrogen-bond acceptors (Lipinski definition) is 1. The van der Waals surface area contributed by atoms with E-state index in [1.807, 2.05) is 0 Å².